The second-order valence-corrected chi connectivity index (χ2v) is 9.46. The second-order valence-electron chi connectivity index (χ2n) is 8.05. The number of hydrogen-bond acceptors (Lipinski definition) is 6. The molecule has 4 N–H and O–H groups in total. The highest BCUT2D eigenvalue weighted by Gasteiger charge is 2.17. The van der Waals surface area contributed by atoms with Crippen molar-refractivity contribution in [3.05, 3.63) is 71.9 Å². The summed E-state index contributed by atoms with van der Waals surface area (Å²) in [6.45, 7) is 0. The van der Waals surface area contributed by atoms with Crippen LogP contribution in [0.3, 0.4) is 0 Å². The van der Waals surface area contributed by atoms with Crippen LogP contribution < -0.4 is 20.9 Å². The van der Waals surface area contributed by atoms with Gasteiger partial charge in [0.25, 0.3) is 0 Å². The Hall–Kier alpha value is -3.62. The first-order valence-corrected chi connectivity index (χ1v) is 12.0. The van der Waals surface area contributed by atoms with E-state index in [1.807, 2.05) is 38.4 Å². The Bertz CT molecular complexity index is 1440. The van der Waals surface area contributed by atoms with Crippen molar-refractivity contribution >= 4 is 61.0 Å². The predicted octanol–water partition coefficient (Wildman–Crippen LogP) is 3.38. The molecule has 0 unspecified atom stereocenters. The lowest BCUT2D eigenvalue weighted by atomic mass is 10.0. The summed E-state index contributed by atoms with van der Waals surface area (Å²) in [5.74, 6) is 0. The van der Waals surface area contributed by atoms with E-state index in [9.17, 15) is 0 Å². The number of benzene rings is 3. The quantitative estimate of drug-likeness (QED) is 0.208. The van der Waals surface area contributed by atoms with Gasteiger partial charge in [-0.25, -0.2) is 8.42 Å². The van der Waals surface area contributed by atoms with E-state index in [0.29, 0.717) is 6.26 Å². The van der Waals surface area contributed by atoms with Crippen LogP contribution in [0.5, 0.6) is 0 Å². The molecule has 0 saturated carbocycles. The van der Waals surface area contributed by atoms with Gasteiger partial charge in [-0.2, -0.15) is 4.57 Å². The van der Waals surface area contributed by atoms with Gasteiger partial charge in [-0.1, -0.05) is 18.2 Å². The molecule has 4 rings (SSSR count). The predicted molar refractivity (Wildman–Crippen MR) is 137 cm³/mol. The molecule has 0 spiro atoms. The van der Waals surface area contributed by atoms with Crippen molar-refractivity contribution in [1.82, 2.24) is 0 Å². The molecular weight excluding hydrogens is 436 g/mol. The van der Waals surface area contributed by atoms with Gasteiger partial charge in [0.1, 0.15) is 7.05 Å². The van der Waals surface area contributed by atoms with E-state index in [-0.39, 0.29) is 0 Å². The van der Waals surface area contributed by atoms with E-state index in [4.69, 9.17) is 24.4 Å². The lowest BCUT2D eigenvalue weighted by molar-refractivity contribution is -0.645. The molecule has 0 aliphatic carbocycles. The molecule has 0 fully saturated rings. The van der Waals surface area contributed by atoms with Crippen LogP contribution in [0.25, 0.3) is 33.8 Å². The summed E-state index contributed by atoms with van der Waals surface area (Å²) >= 11 is 0. The zero-order chi connectivity index (χ0) is 24.3. The number of aryl methyl sites for hydroxylation is 1. The van der Waals surface area contributed by atoms with Gasteiger partial charge in [-0.3, -0.25) is 0 Å². The second kappa shape index (κ2) is 9.48. The van der Waals surface area contributed by atoms with Crippen LogP contribution in [0.1, 0.15) is 11.3 Å². The first-order valence-electron chi connectivity index (χ1n) is 10.2. The molecule has 4 aromatic rings. The van der Waals surface area contributed by atoms with Gasteiger partial charge in [0.2, 0.25) is 11.2 Å². The van der Waals surface area contributed by atoms with E-state index in [1.165, 1.54) is 16.5 Å². The van der Waals surface area contributed by atoms with Crippen molar-refractivity contribution in [3.63, 3.8) is 0 Å². The van der Waals surface area contributed by atoms with Crippen LogP contribution in [0.4, 0.5) is 17.1 Å². The number of pyridine rings is 1. The average molecular weight is 465 g/mol. The molecule has 172 valence electrons. The molecule has 33 heavy (non-hydrogen) atoms. The summed E-state index contributed by atoms with van der Waals surface area (Å²) in [6.07, 6.45) is 4.89. The number of rotatable bonds is 3. The molecule has 7 nitrogen and oxygen atoms in total. The zero-order valence-corrected chi connectivity index (χ0v) is 19.9. The Morgan fingerprint density at radius 3 is 1.97 bits per heavy atom. The SMILES string of the molecule is CN(C)c1ccc(/C=C/c2c3cc(N)ccc3c3ccc(N)cc3[n+]2C)cc1.CS(=O)(=O)[O-]. The maximum Gasteiger partial charge on any atom is 0.215 e. The van der Waals surface area contributed by atoms with Crippen LogP contribution in [-0.2, 0) is 17.2 Å². The number of aromatic nitrogens is 1. The number of hydrogen-bond donors (Lipinski definition) is 2. The number of fused-ring (bicyclic) bond motifs is 3. The van der Waals surface area contributed by atoms with Crippen LogP contribution in [0.15, 0.2) is 60.7 Å². The van der Waals surface area contributed by atoms with Crippen molar-refractivity contribution < 1.29 is 17.5 Å². The fraction of sp³-hybridized carbons (Fsp3) is 0.160. The molecular formula is C25H28N4O3S. The molecule has 3 aromatic carbocycles. The molecule has 1 heterocycles. The molecule has 0 amide bonds. The van der Waals surface area contributed by atoms with Gasteiger partial charge in [0.05, 0.1) is 20.9 Å². The molecule has 0 bridgehead atoms. The first-order chi connectivity index (χ1) is 15.4. The van der Waals surface area contributed by atoms with E-state index in [1.54, 1.807) is 0 Å². The maximum atomic E-state index is 9.08. The molecule has 1 aromatic heterocycles. The summed E-state index contributed by atoms with van der Waals surface area (Å²) in [6, 6.07) is 20.6. The third-order valence-electron chi connectivity index (χ3n) is 5.20. The molecule has 8 heteroatoms. The number of nitrogens with zero attached hydrogens (tertiary/aromatic N) is 2. The molecule has 0 aliphatic heterocycles. The Kier molecular flexibility index (Phi) is 6.90. The summed E-state index contributed by atoms with van der Waals surface area (Å²) in [4.78, 5) is 2.09. The van der Waals surface area contributed by atoms with Crippen molar-refractivity contribution in [3.8, 4) is 0 Å². The van der Waals surface area contributed by atoms with E-state index < -0.39 is 10.1 Å². The van der Waals surface area contributed by atoms with Gasteiger partial charge >= 0.3 is 0 Å². The maximum absolute atomic E-state index is 9.08. The van der Waals surface area contributed by atoms with Crippen molar-refractivity contribution in [1.29, 1.82) is 0 Å². The van der Waals surface area contributed by atoms with Gasteiger partial charge in [-0.05, 0) is 48.0 Å². The minimum absolute atomic E-state index is 0.604. The molecule has 0 radical (unpaired) electrons. The Balaban J connectivity index is 0.000000555. The highest BCUT2D eigenvalue weighted by Crippen LogP contribution is 2.29. The van der Waals surface area contributed by atoms with Crippen molar-refractivity contribution in [2.75, 3.05) is 36.7 Å². The minimum Gasteiger partial charge on any atom is -0.748 e. The zero-order valence-electron chi connectivity index (χ0n) is 19.1. The highest BCUT2D eigenvalue weighted by molar-refractivity contribution is 7.84. The smallest absolute Gasteiger partial charge is 0.215 e. The average Bonchev–Trinajstić information content (AvgIpc) is 2.73. The minimum atomic E-state index is -3.92. The standard InChI is InChI=1S/C24H24N4.CH4O3S/c1-27(2)19-9-4-16(5-10-19)6-13-23-22-14-17(25)7-11-20(22)21-12-8-18(26)15-24(21)28(23)3;1-5(2,3)4/h4-15,26H,25H2,1-3H3;1H3,(H,2,3,4)/b13-6+;. The topological polar surface area (TPSA) is 116 Å². The number of anilines is 3. The normalized spacial score (nSPS) is 11.5. The van der Waals surface area contributed by atoms with E-state index in [0.717, 1.165) is 33.5 Å². The summed E-state index contributed by atoms with van der Waals surface area (Å²) in [5, 5.41) is 3.46. The highest BCUT2D eigenvalue weighted by atomic mass is 32.2. The Labute approximate surface area is 194 Å². The van der Waals surface area contributed by atoms with Gasteiger partial charge in [0, 0.05) is 54.9 Å². The fourth-order valence-corrected chi connectivity index (χ4v) is 3.63. The van der Waals surface area contributed by atoms with Crippen LogP contribution in [0, 0.1) is 0 Å². The van der Waals surface area contributed by atoms with Gasteiger partial charge in [-0.15, -0.1) is 0 Å². The molecule has 0 saturated heterocycles. The fourth-order valence-electron chi connectivity index (χ4n) is 3.63. The Morgan fingerprint density at radius 1 is 0.848 bits per heavy atom. The third-order valence-corrected chi connectivity index (χ3v) is 5.20. The summed E-state index contributed by atoms with van der Waals surface area (Å²) in [7, 11) is 2.24. The molecule has 0 atom stereocenters. The number of nitrogen functional groups attached to an aromatic ring is 2. The Morgan fingerprint density at radius 2 is 1.39 bits per heavy atom. The van der Waals surface area contributed by atoms with E-state index >= 15 is 0 Å². The van der Waals surface area contributed by atoms with Crippen LogP contribution >= 0.6 is 0 Å². The van der Waals surface area contributed by atoms with Crippen molar-refractivity contribution in [2.45, 2.75) is 0 Å². The third kappa shape index (κ3) is 6.00. The summed E-state index contributed by atoms with van der Waals surface area (Å²) < 4.78 is 29.4. The molecule has 0 aliphatic rings. The van der Waals surface area contributed by atoms with Crippen molar-refractivity contribution in [2.24, 2.45) is 7.05 Å². The van der Waals surface area contributed by atoms with Crippen LogP contribution in [-0.4, -0.2) is 33.3 Å². The first kappa shape index (κ1) is 24.0. The lowest BCUT2D eigenvalue weighted by Crippen LogP contribution is -2.33. The van der Waals surface area contributed by atoms with E-state index in [2.05, 4.69) is 65.1 Å². The monoisotopic (exact) mass is 464 g/mol. The summed E-state index contributed by atoms with van der Waals surface area (Å²) in [5.41, 5.74) is 18.2. The lowest BCUT2D eigenvalue weighted by Gasteiger charge is -2.11. The largest absolute Gasteiger partial charge is 0.748 e. The van der Waals surface area contributed by atoms with Gasteiger partial charge < -0.3 is 20.9 Å². The van der Waals surface area contributed by atoms with Gasteiger partial charge in [0.15, 0.2) is 0 Å². The number of nitrogens with two attached hydrogens (primary N) is 2. The van der Waals surface area contributed by atoms with Crippen LogP contribution in [0.2, 0.25) is 0 Å².